The van der Waals surface area contributed by atoms with E-state index in [1.807, 2.05) is 32.9 Å². The summed E-state index contributed by atoms with van der Waals surface area (Å²) in [6, 6.07) is 6.01. The third kappa shape index (κ3) is 8.55. The van der Waals surface area contributed by atoms with Crippen LogP contribution in [-0.4, -0.2) is 69.1 Å². The molecule has 1 fully saturated rings. The second-order valence-corrected chi connectivity index (χ2v) is 8.51. The molecule has 1 heterocycles. The van der Waals surface area contributed by atoms with Crippen molar-refractivity contribution in [2.24, 2.45) is 4.99 Å². The van der Waals surface area contributed by atoms with Gasteiger partial charge in [-0.3, -0.25) is 9.79 Å². The standard InChI is InChI=1S/C20H33ClN6O.HI/c1-20(2,3)25-18(28)14-24-19(22-4)23-13-15-16(21)7-6-8-17(15)27-11-9-26(5)10-12-27;/h6-8H,9-14H2,1-5H3,(H,25,28)(H2,22,23,24);1H. The maximum Gasteiger partial charge on any atom is 0.239 e. The normalized spacial score (nSPS) is 15.5. The Kier molecular flexibility index (Phi) is 10.5. The second-order valence-electron chi connectivity index (χ2n) is 8.11. The van der Waals surface area contributed by atoms with Crippen LogP contribution in [0.2, 0.25) is 5.02 Å². The summed E-state index contributed by atoms with van der Waals surface area (Å²) in [6.45, 7) is 10.6. The van der Waals surface area contributed by atoms with Crippen LogP contribution >= 0.6 is 35.6 Å². The van der Waals surface area contributed by atoms with E-state index < -0.39 is 0 Å². The smallest absolute Gasteiger partial charge is 0.239 e. The fourth-order valence-corrected chi connectivity index (χ4v) is 3.32. The predicted molar refractivity (Wildman–Crippen MR) is 133 cm³/mol. The number of amides is 1. The largest absolute Gasteiger partial charge is 0.369 e. The highest BCUT2D eigenvalue weighted by atomic mass is 127. The quantitative estimate of drug-likeness (QED) is 0.306. The number of likely N-dealkylation sites (N-methyl/N-ethyl adjacent to an activating group) is 1. The van der Waals surface area contributed by atoms with E-state index in [2.05, 4.69) is 43.9 Å². The Balaban J connectivity index is 0.00000420. The third-order valence-electron chi connectivity index (χ3n) is 4.53. The van der Waals surface area contributed by atoms with E-state index in [9.17, 15) is 4.79 Å². The van der Waals surface area contributed by atoms with Gasteiger partial charge in [-0.25, -0.2) is 0 Å². The van der Waals surface area contributed by atoms with E-state index in [1.165, 1.54) is 0 Å². The summed E-state index contributed by atoms with van der Waals surface area (Å²) in [6.07, 6.45) is 0. The van der Waals surface area contributed by atoms with Crippen molar-refractivity contribution in [3.8, 4) is 0 Å². The van der Waals surface area contributed by atoms with E-state index in [-0.39, 0.29) is 42.0 Å². The van der Waals surface area contributed by atoms with E-state index in [4.69, 9.17) is 11.6 Å². The summed E-state index contributed by atoms with van der Waals surface area (Å²) in [7, 11) is 3.83. The molecule has 0 aromatic heterocycles. The van der Waals surface area contributed by atoms with E-state index in [0.29, 0.717) is 12.5 Å². The number of nitrogens with zero attached hydrogens (tertiary/aromatic N) is 3. The predicted octanol–water partition coefficient (Wildman–Crippen LogP) is 2.29. The number of benzene rings is 1. The van der Waals surface area contributed by atoms with Crippen LogP contribution in [-0.2, 0) is 11.3 Å². The van der Waals surface area contributed by atoms with Crippen LogP contribution in [0.1, 0.15) is 26.3 Å². The maximum atomic E-state index is 12.0. The third-order valence-corrected chi connectivity index (χ3v) is 4.88. The highest BCUT2D eigenvalue weighted by molar-refractivity contribution is 14.0. The molecule has 1 aliphatic heterocycles. The van der Waals surface area contributed by atoms with Gasteiger partial charge in [-0.05, 0) is 40.0 Å². The number of carbonyl (C=O) groups is 1. The molecule has 0 radical (unpaired) electrons. The van der Waals surface area contributed by atoms with Gasteiger partial charge in [0.1, 0.15) is 0 Å². The molecule has 9 heteroatoms. The Labute approximate surface area is 196 Å². The summed E-state index contributed by atoms with van der Waals surface area (Å²) in [5, 5.41) is 9.97. The zero-order chi connectivity index (χ0) is 20.7. The minimum Gasteiger partial charge on any atom is -0.369 e. The summed E-state index contributed by atoms with van der Waals surface area (Å²) in [5.41, 5.74) is 1.93. The summed E-state index contributed by atoms with van der Waals surface area (Å²) < 4.78 is 0. The van der Waals surface area contributed by atoms with Crippen LogP contribution in [0, 0.1) is 0 Å². The van der Waals surface area contributed by atoms with Gasteiger partial charge in [0, 0.05) is 61.6 Å². The lowest BCUT2D eigenvalue weighted by molar-refractivity contribution is -0.121. The monoisotopic (exact) mass is 536 g/mol. The van der Waals surface area contributed by atoms with Gasteiger partial charge in [-0.15, -0.1) is 24.0 Å². The molecular formula is C20H34ClIN6O. The average molecular weight is 537 g/mol. The lowest BCUT2D eigenvalue weighted by atomic mass is 10.1. The van der Waals surface area contributed by atoms with Crippen molar-refractivity contribution in [2.45, 2.75) is 32.9 Å². The highest BCUT2D eigenvalue weighted by Gasteiger charge is 2.19. The molecule has 0 aliphatic carbocycles. The number of anilines is 1. The average Bonchev–Trinajstić information content (AvgIpc) is 2.62. The van der Waals surface area contributed by atoms with Gasteiger partial charge in [0.15, 0.2) is 5.96 Å². The van der Waals surface area contributed by atoms with Crippen LogP contribution in [0.3, 0.4) is 0 Å². The van der Waals surface area contributed by atoms with Gasteiger partial charge in [0.25, 0.3) is 0 Å². The van der Waals surface area contributed by atoms with Gasteiger partial charge < -0.3 is 25.8 Å². The van der Waals surface area contributed by atoms with E-state index in [1.54, 1.807) is 7.05 Å². The van der Waals surface area contributed by atoms with E-state index in [0.717, 1.165) is 42.5 Å². The van der Waals surface area contributed by atoms with Crippen molar-refractivity contribution in [1.82, 2.24) is 20.9 Å². The first-order valence-electron chi connectivity index (χ1n) is 9.66. The maximum absolute atomic E-state index is 12.0. The van der Waals surface area contributed by atoms with E-state index >= 15 is 0 Å². The number of aliphatic imine (C=N–C) groups is 1. The number of hydrogen-bond acceptors (Lipinski definition) is 4. The molecule has 1 saturated heterocycles. The highest BCUT2D eigenvalue weighted by Crippen LogP contribution is 2.28. The van der Waals surface area contributed by atoms with Crippen molar-refractivity contribution in [1.29, 1.82) is 0 Å². The molecular weight excluding hydrogens is 503 g/mol. The zero-order valence-electron chi connectivity index (χ0n) is 18.0. The first kappa shape index (κ1) is 25.8. The number of guanidine groups is 1. The fourth-order valence-electron chi connectivity index (χ4n) is 3.09. The molecule has 0 spiro atoms. The number of hydrogen-bond donors (Lipinski definition) is 3. The Morgan fingerprint density at radius 1 is 1.17 bits per heavy atom. The molecule has 3 N–H and O–H groups in total. The molecule has 7 nitrogen and oxygen atoms in total. The minimum atomic E-state index is -0.259. The van der Waals surface area contributed by atoms with Crippen LogP contribution in [0.4, 0.5) is 5.69 Å². The van der Waals surface area contributed by atoms with Gasteiger partial charge in [-0.2, -0.15) is 0 Å². The molecule has 1 aromatic rings. The number of rotatable bonds is 5. The number of piperazine rings is 1. The summed E-state index contributed by atoms with van der Waals surface area (Å²) >= 11 is 6.50. The molecule has 1 aromatic carbocycles. The van der Waals surface area contributed by atoms with Crippen molar-refractivity contribution in [2.75, 3.05) is 51.7 Å². The summed E-state index contributed by atoms with van der Waals surface area (Å²) in [5.74, 6) is 0.486. The van der Waals surface area contributed by atoms with Crippen molar-refractivity contribution < 1.29 is 4.79 Å². The molecule has 164 valence electrons. The number of nitrogens with one attached hydrogen (secondary N) is 3. The lowest BCUT2D eigenvalue weighted by Gasteiger charge is -2.35. The molecule has 2 rings (SSSR count). The Hall–Kier alpha value is -1.26. The molecule has 0 atom stereocenters. The summed E-state index contributed by atoms with van der Waals surface area (Å²) in [4.78, 5) is 20.9. The zero-order valence-corrected chi connectivity index (χ0v) is 21.1. The number of halogens is 2. The molecule has 1 amide bonds. The Morgan fingerprint density at radius 2 is 1.83 bits per heavy atom. The van der Waals surface area contributed by atoms with Crippen molar-refractivity contribution in [3.63, 3.8) is 0 Å². The van der Waals surface area contributed by atoms with Crippen LogP contribution in [0.15, 0.2) is 23.2 Å². The van der Waals surface area contributed by atoms with Crippen LogP contribution in [0.5, 0.6) is 0 Å². The van der Waals surface area contributed by atoms with Crippen molar-refractivity contribution in [3.05, 3.63) is 28.8 Å². The van der Waals surface area contributed by atoms with Crippen LogP contribution in [0.25, 0.3) is 0 Å². The minimum absolute atomic E-state index is 0. The molecule has 29 heavy (non-hydrogen) atoms. The molecule has 0 bridgehead atoms. The van der Waals surface area contributed by atoms with Crippen LogP contribution < -0.4 is 20.9 Å². The lowest BCUT2D eigenvalue weighted by Crippen LogP contribution is -2.48. The van der Waals surface area contributed by atoms with Gasteiger partial charge in [0.05, 0.1) is 6.54 Å². The second kappa shape index (κ2) is 11.8. The van der Waals surface area contributed by atoms with Crippen molar-refractivity contribution >= 4 is 53.1 Å². The van der Waals surface area contributed by atoms with Gasteiger partial charge in [-0.1, -0.05) is 17.7 Å². The Morgan fingerprint density at radius 3 is 2.41 bits per heavy atom. The molecule has 0 unspecified atom stereocenters. The molecule has 1 aliphatic rings. The van der Waals surface area contributed by atoms with Gasteiger partial charge in [0.2, 0.25) is 5.91 Å². The SMILES string of the molecule is CN=C(NCC(=O)NC(C)(C)C)NCc1c(Cl)cccc1N1CCN(C)CC1.I. The van der Waals surface area contributed by atoms with Gasteiger partial charge >= 0.3 is 0 Å². The Bertz CT molecular complexity index is 699. The topological polar surface area (TPSA) is 72.0 Å². The number of carbonyl (C=O) groups excluding carboxylic acids is 1. The molecule has 0 saturated carbocycles. The fraction of sp³-hybridized carbons (Fsp3) is 0.600. The first-order valence-corrected chi connectivity index (χ1v) is 10.0. The first-order chi connectivity index (χ1) is 13.2.